The Morgan fingerprint density at radius 3 is 2.36 bits per heavy atom. The van der Waals surface area contributed by atoms with Crippen molar-refractivity contribution in [1.29, 1.82) is 0 Å². The maximum Gasteiger partial charge on any atom is 0.260 e. The zero-order valence-electron chi connectivity index (χ0n) is 27.1. The highest BCUT2D eigenvalue weighted by Gasteiger charge is 2.28. The third-order valence-electron chi connectivity index (χ3n) is 7.55. The minimum Gasteiger partial charge on any atom is -0.378 e. The van der Waals surface area contributed by atoms with Crippen LogP contribution in [0.5, 0.6) is 0 Å². The molecular formula is C35H30Cl3F2N5O4S. The van der Waals surface area contributed by atoms with E-state index in [1.54, 1.807) is 43.4 Å². The summed E-state index contributed by atoms with van der Waals surface area (Å²) < 4.78 is 58.4. The highest BCUT2D eigenvalue weighted by atomic mass is 35.5. The fourth-order valence-electron chi connectivity index (χ4n) is 5.38. The lowest BCUT2D eigenvalue weighted by atomic mass is 9.93. The predicted octanol–water partition coefficient (Wildman–Crippen LogP) is 6.55. The van der Waals surface area contributed by atoms with E-state index in [1.807, 2.05) is 0 Å². The van der Waals surface area contributed by atoms with E-state index >= 15 is 0 Å². The normalized spacial score (nSPS) is 12.4. The first-order valence-corrected chi connectivity index (χ1v) is 17.6. The molecule has 0 bridgehead atoms. The summed E-state index contributed by atoms with van der Waals surface area (Å²) in [5, 5.41) is 17.9. The molecule has 0 aliphatic heterocycles. The smallest absolute Gasteiger partial charge is 0.260 e. The maximum atomic E-state index is 14.4. The lowest BCUT2D eigenvalue weighted by molar-refractivity contribution is -0.121. The summed E-state index contributed by atoms with van der Waals surface area (Å²) in [6.07, 6.45) is -0.327. The van der Waals surface area contributed by atoms with Gasteiger partial charge in [0.25, 0.3) is 10.0 Å². The Morgan fingerprint density at radius 2 is 1.70 bits per heavy atom. The Kier molecular flexibility index (Phi) is 10.9. The van der Waals surface area contributed by atoms with E-state index in [1.165, 1.54) is 31.6 Å². The van der Waals surface area contributed by atoms with Crippen LogP contribution in [0.4, 0.5) is 8.78 Å². The number of benzene rings is 3. The summed E-state index contributed by atoms with van der Waals surface area (Å²) in [5.41, 5.74) is 0.875. The highest BCUT2D eigenvalue weighted by molar-refractivity contribution is 7.89. The number of nitrogens with zero attached hydrogens (tertiary/aromatic N) is 3. The van der Waals surface area contributed by atoms with Crippen LogP contribution < -0.4 is 10.0 Å². The molecule has 0 unspecified atom stereocenters. The van der Waals surface area contributed by atoms with E-state index in [9.17, 15) is 27.1 Å². The van der Waals surface area contributed by atoms with Gasteiger partial charge < -0.3 is 10.4 Å². The molecule has 15 heteroatoms. The number of nitrogens with one attached hydrogen (secondary N) is 2. The van der Waals surface area contributed by atoms with E-state index in [0.29, 0.717) is 22.2 Å². The summed E-state index contributed by atoms with van der Waals surface area (Å²) in [6, 6.07) is 13.3. The number of aromatic nitrogens is 3. The zero-order valence-corrected chi connectivity index (χ0v) is 30.2. The Hall–Kier alpha value is -4.09. The summed E-state index contributed by atoms with van der Waals surface area (Å²) in [6.45, 7) is 3.00. The van der Waals surface area contributed by atoms with E-state index in [0.717, 1.165) is 18.2 Å². The van der Waals surface area contributed by atoms with Crippen LogP contribution in [0.15, 0.2) is 65.7 Å². The number of aliphatic hydroxyl groups is 1. The third-order valence-corrected chi connectivity index (χ3v) is 10.1. The topological polar surface area (TPSA) is 126 Å². The number of amides is 1. The molecule has 0 aliphatic carbocycles. The second-order valence-electron chi connectivity index (χ2n) is 11.9. The second-order valence-corrected chi connectivity index (χ2v) is 14.9. The van der Waals surface area contributed by atoms with Crippen LogP contribution in [0.3, 0.4) is 0 Å². The molecule has 2 heterocycles. The molecule has 9 nitrogen and oxygen atoms in total. The summed E-state index contributed by atoms with van der Waals surface area (Å²) in [7, 11) is -1.25. The molecular weight excluding hydrogens is 731 g/mol. The minimum absolute atomic E-state index is 0.117. The lowest BCUT2D eigenvalue weighted by Crippen LogP contribution is -2.32. The van der Waals surface area contributed by atoms with Gasteiger partial charge in [0.15, 0.2) is 0 Å². The first-order chi connectivity index (χ1) is 23.5. The molecule has 0 spiro atoms. The van der Waals surface area contributed by atoms with Crippen molar-refractivity contribution >= 4 is 61.6 Å². The molecule has 3 aromatic carbocycles. The molecule has 0 aliphatic rings. The molecule has 260 valence electrons. The van der Waals surface area contributed by atoms with Crippen molar-refractivity contribution in [1.82, 2.24) is 24.8 Å². The number of halogens is 5. The van der Waals surface area contributed by atoms with Gasteiger partial charge in [-0.15, -0.1) is 0 Å². The fraction of sp³-hybridized carbons (Fsp3) is 0.229. The van der Waals surface area contributed by atoms with E-state index in [2.05, 4.69) is 27.0 Å². The van der Waals surface area contributed by atoms with Gasteiger partial charge in [-0.25, -0.2) is 26.9 Å². The van der Waals surface area contributed by atoms with Crippen LogP contribution in [0, 0.1) is 23.5 Å². The van der Waals surface area contributed by atoms with Crippen molar-refractivity contribution in [2.45, 2.75) is 43.4 Å². The molecule has 0 radical (unpaired) electrons. The Bertz CT molecular complexity index is 2300. The number of hydrogen-bond donors (Lipinski definition) is 3. The van der Waals surface area contributed by atoms with Crippen LogP contribution in [0.1, 0.15) is 42.4 Å². The van der Waals surface area contributed by atoms with E-state index in [4.69, 9.17) is 39.8 Å². The van der Waals surface area contributed by atoms with Gasteiger partial charge in [-0.05, 0) is 80.8 Å². The molecule has 0 saturated carbocycles. The first-order valence-electron chi connectivity index (χ1n) is 15.0. The Morgan fingerprint density at radius 1 is 1.02 bits per heavy atom. The SMILES string of the molecule is CNS(=O)(=O)c1nn(C)c2c(-c3ccc(C#CC(C)(C)O)nc3[C@H](Cc3cc(F)cc(F)c3)NC(=O)Cc3cccc(Cl)c3Cl)ccc(Cl)c12. The van der Waals surface area contributed by atoms with Crippen LogP contribution >= 0.6 is 34.8 Å². The van der Waals surface area contributed by atoms with Crippen molar-refractivity contribution in [3.8, 4) is 23.0 Å². The third kappa shape index (κ3) is 8.26. The van der Waals surface area contributed by atoms with Crippen molar-refractivity contribution in [3.05, 3.63) is 110 Å². The van der Waals surface area contributed by atoms with Gasteiger partial charge in [-0.3, -0.25) is 9.48 Å². The number of carbonyl (C=O) groups excluding carboxylic acids is 1. The number of carbonyl (C=O) groups is 1. The monoisotopic (exact) mass is 759 g/mol. The summed E-state index contributed by atoms with van der Waals surface area (Å²) in [5.74, 6) is 3.40. The average Bonchev–Trinajstić information content (AvgIpc) is 3.40. The van der Waals surface area contributed by atoms with Crippen LogP contribution in [-0.4, -0.2) is 46.8 Å². The van der Waals surface area contributed by atoms with Gasteiger partial charge in [0, 0.05) is 24.2 Å². The number of sulfonamides is 1. The van der Waals surface area contributed by atoms with E-state index < -0.39 is 39.2 Å². The van der Waals surface area contributed by atoms with Gasteiger partial charge in [0.1, 0.15) is 22.9 Å². The highest BCUT2D eigenvalue weighted by Crippen LogP contribution is 2.39. The molecule has 1 amide bonds. The standard InChI is InChI=1S/C35H30Cl3F2N5O4S/c1-35(2,47)13-12-23-8-9-24(25-10-11-26(36)30-33(25)45(4)44-34(30)50(48,49)41-3)32(42-23)28(16-19-14-21(39)18-22(40)15-19)43-29(46)17-20-6-5-7-27(37)31(20)38/h5-11,14-15,18,28,41,47H,16-17H2,1-4H3,(H,43,46)/t28-/m0/s1. The first kappa shape index (κ1) is 37.2. The summed E-state index contributed by atoms with van der Waals surface area (Å²) in [4.78, 5) is 18.5. The number of fused-ring (bicyclic) bond motifs is 1. The van der Waals surface area contributed by atoms with Gasteiger partial charge in [-0.1, -0.05) is 58.9 Å². The molecule has 0 fully saturated rings. The summed E-state index contributed by atoms with van der Waals surface area (Å²) >= 11 is 19.1. The zero-order chi connectivity index (χ0) is 36.5. The fourth-order valence-corrected chi connectivity index (χ4v) is 6.97. The number of aryl methyl sites for hydroxylation is 1. The predicted molar refractivity (Wildman–Crippen MR) is 189 cm³/mol. The maximum absolute atomic E-state index is 14.4. The molecule has 1 atom stereocenters. The number of pyridine rings is 1. The lowest BCUT2D eigenvalue weighted by Gasteiger charge is -2.23. The van der Waals surface area contributed by atoms with E-state index in [-0.39, 0.29) is 55.3 Å². The molecule has 5 aromatic rings. The van der Waals surface area contributed by atoms with Gasteiger partial charge in [-0.2, -0.15) is 5.10 Å². The number of rotatable bonds is 9. The number of hydrogen-bond acceptors (Lipinski definition) is 6. The van der Waals surface area contributed by atoms with Crippen LogP contribution in [-0.2, 0) is 34.7 Å². The minimum atomic E-state index is -4.05. The van der Waals surface area contributed by atoms with Crippen molar-refractivity contribution in [2.24, 2.45) is 7.05 Å². The average molecular weight is 761 g/mol. The second kappa shape index (κ2) is 14.6. The molecule has 3 N–H and O–H groups in total. The van der Waals surface area contributed by atoms with Crippen molar-refractivity contribution in [2.75, 3.05) is 7.05 Å². The molecule has 2 aromatic heterocycles. The van der Waals surface area contributed by atoms with Crippen molar-refractivity contribution in [3.63, 3.8) is 0 Å². The van der Waals surface area contributed by atoms with Gasteiger partial charge >= 0.3 is 0 Å². The molecule has 50 heavy (non-hydrogen) atoms. The van der Waals surface area contributed by atoms with Crippen LogP contribution in [0.2, 0.25) is 15.1 Å². The largest absolute Gasteiger partial charge is 0.378 e. The van der Waals surface area contributed by atoms with Crippen LogP contribution in [0.25, 0.3) is 22.0 Å². The van der Waals surface area contributed by atoms with Gasteiger partial charge in [0.05, 0.1) is 44.1 Å². The van der Waals surface area contributed by atoms with Crippen molar-refractivity contribution < 1.29 is 27.1 Å². The Labute approximate surface area is 302 Å². The Balaban J connectivity index is 1.76. The molecule has 0 saturated heterocycles. The quantitative estimate of drug-likeness (QED) is 0.147. The molecule has 5 rings (SSSR count). The van der Waals surface area contributed by atoms with Gasteiger partial charge in [0.2, 0.25) is 10.9 Å².